The van der Waals surface area contributed by atoms with E-state index in [-0.39, 0.29) is 0 Å². The monoisotopic (exact) mass is 431 g/mol. The van der Waals surface area contributed by atoms with Gasteiger partial charge in [-0.1, -0.05) is 34.8 Å². The Morgan fingerprint density at radius 1 is 0.520 bits per heavy atom. The molecule has 0 saturated carbocycles. The molecule has 0 unspecified atom stereocenters. The van der Waals surface area contributed by atoms with E-state index in [1.54, 1.807) is 72.8 Å². The summed E-state index contributed by atoms with van der Waals surface area (Å²) in [4.78, 5) is 0. The SMILES string of the molecule is Clc1ccc(O[P+](Cl)(Oc2ccc(Cl)cc2)c2ccc(Cl)cc2)cc1. The quantitative estimate of drug-likeness (QED) is 0.390. The molecular weight excluding hydrogens is 421 g/mol. The first-order valence-corrected chi connectivity index (χ1v) is 10.9. The predicted octanol–water partition coefficient (Wildman–Crippen LogP) is 7.43. The molecule has 0 aliphatic carbocycles. The molecule has 0 fully saturated rings. The van der Waals surface area contributed by atoms with E-state index >= 15 is 0 Å². The lowest BCUT2D eigenvalue weighted by Gasteiger charge is -2.17. The molecule has 25 heavy (non-hydrogen) atoms. The first-order valence-electron chi connectivity index (χ1n) is 7.20. The van der Waals surface area contributed by atoms with E-state index in [4.69, 9.17) is 55.1 Å². The van der Waals surface area contributed by atoms with E-state index in [2.05, 4.69) is 0 Å². The van der Waals surface area contributed by atoms with Crippen LogP contribution in [0, 0.1) is 0 Å². The van der Waals surface area contributed by atoms with E-state index in [1.165, 1.54) is 0 Å². The maximum atomic E-state index is 6.82. The summed E-state index contributed by atoms with van der Waals surface area (Å²) in [6.45, 7) is 0. The Labute approximate surface area is 166 Å². The van der Waals surface area contributed by atoms with Gasteiger partial charge < -0.3 is 0 Å². The molecule has 3 aromatic rings. The number of hydrogen-bond acceptors (Lipinski definition) is 2. The van der Waals surface area contributed by atoms with Gasteiger partial charge in [0, 0.05) is 15.1 Å². The van der Waals surface area contributed by atoms with Gasteiger partial charge in [-0.25, -0.2) is 0 Å². The van der Waals surface area contributed by atoms with Crippen molar-refractivity contribution in [1.29, 1.82) is 0 Å². The summed E-state index contributed by atoms with van der Waals surface area (Å²) >= 11 is 24.6. The Morgan fingerprint density at radius 3 is 1.20 bits per heavy atom. The van der Waals surface area contributed by atoms with Crippen molar-refractivity contribution in [2.75, 3.05) is 0 Å². The topological polar surface area (TPSA) is 18.5 Å². The van der Waals surface area contributed by atoms with Gasteiger partial charge in [-0.15, -0.1) is 0 Å². The summed E-state index contributed by atoms with van der Waals surface area (Å²) in [5.41, 5.74) is 0. The molecule has 3 rings (SSSR count). The number of halogens is 4. The molecule has 2 nitrogen and oxygen atoms in total. The average Bonchev–Trinajstić information content (AvgIpc) is 2.60. The minimum absolute atomic E-state index is 0.552. The molecule has 0 aliphatic rings. The molecule has 0 amide bonds. The number of rotatable bonds is 5. The van der Waals surface area contributed by atoms with Gasteiger partial charge in [-0.05, 0) is 72.8 Å². The van der Waals surface area contributed by atoms with Gasteiger partial charge >= 0.3 is 7.07 Å². The molecule has 0 heterocycles. The fraction of sp³-hybridized carbons (Fsp3) is 0. The van der Waals surface area contributed by atoms with Gasteiger partial charge in [0.25, 0.3) is 0 Å². The van der Waals surface area contributed by atoms with Gasteiger partial charge in [0.05, 0.1) is 0 Å². The lowest BCUT2D eigenvalue weighted by Crippen LogP contribution is -2.16. The second kappa shape index (κ2) is 8.03. The van der Waals surface area contributed by atoms with Crippen LogP contribution in [0.15, 0.2) is 72.8 Å². The van der Waals surface area contributed by atoms with Gasteiger partial charge in [0.15, 0.2) is 28.0 Å². The van der Waals surface area contributed by atoms with E-state index in [1.807, 2.05) is 0 Å². The summed E-state index contributed by atoms with van der Waals surface area (Å²) in [6.07, 6.45) is 0. The fourth-order valence-corrected chi connectivity index (χ4v) is 4.74. The van der Waals surface area contributed by atoms with Crippen LogP contribution in [0.5, 0.6) is 11.5 Å². The summed E-state index contributed by atoms with van der Waals surface area (Å²) in [7, 11) is -2.99. The third kappa shape index (κ3) is 4.94. The van der Waals surface area contributed by atoms with Crippen LogP contribution in [0.2, 0.25) is 15.1 Å². The zero-order valence-electron chi connectivity index (χ0n) is 12.7. The van der Waals surface area contributed by atoms with Crippen molar-refractivity contribution >= 4 is 58.4 Å². The minimum Gasteiger partial charge on any atom is -0.285 e. The Morgan fingerprint density at radius 2 is 0.840 bits per heavy atom. The number of benzene rings is 3. The van der Waals surface area contributed by atoms with E-state index in [0.29, 0.717) is 31.9 Å². The molecule has 0 saturated heterocycles. The largest absolute Gasteiger partial charge is 0.492 e. The summed E-state index contributed by atoms with van der Waals surface area (Å²) in [5.74, 6) is 1.10. The Bertz CT molecular complexity index is 789. The molecule has 3 aromatic carbocycles. The van der Waals surface area contributed by atoms with E-state index < -0.39 is 7.07 Å². The van der Waals surface area contributed by atoms with Crippen molar-refractivity contribution in [2.24, 2.45) is 0 Å². The van der Waals surface area contributed by atoms with Crippen LogP contribution in [0.1, 0.15) is 0 Å². The van der Waals surface area contributed by atoms with Crippen molar-refractivity contribution in [3.63, 3.8) is 0 Å². The zero-order valence-corrected chi connectivity index (χ0v) is 16.6. The van der Waals surface area contributed by atoms with Crippen molar-refractivity contribution < 1.29 is 9.05 Å². The minimum atomic E-state index is -2.99. The lowest BCUT2D eigenvalue weighted by molar-refractivity contribution is 0.493. The van der Waals surface area contributed by atoms with Gasteiger partial charge in [-0.2, -0.15) is 0 Å². The molecule has 0 aliphatic heterocycles. The molecular formula is C18H12Cl4O2P+. The van der Waals surface area contributed by atoms with Crippen LogP contribution in [0.4, 0.5) is 0 Å². The average molecular weight is 433 g/mol. The van der Waals surface area contributed by atoms with E-state index in [0.717, 1.165) is 0 Å². The Balaban J connectivity index is 1.95. The third-order valence-electron chi connectivity index (χ3n) is 3.21. The Hall–Kier alpha value is -1.15. The van der Waals surface area contributed by atoms with E-state index in [9.17, 15) is 0 Å². The van der Waals surface area contributed by atoms with Crippen LogP contribution in [-0.4, -0.2) is 0 Å². The van der Waals surface area contributed by atoms with Gasteiger partial charge in [0.2, 0.25) is 0 Å². The van der Waals surface area contributed by atoms with Gasteiger partial charge in [0.1, 0.15) is 0 Å². The molecule has 0 atom stereocenters. The standard InChI is InChI=1S/C18H12Cl4O2P/c19-13-1-7-16(8-2-13)23-25(22,18-11-5-15(21)6-12-18)24-17-9-3-14(20)4-10-17/h1-12H/q+1. The van der Waals surface area contributed by atoms with Crippen molar-refractivity contribution in [2.45, 2.75) is 0 Å². The second-order valence-corrected chi connectivity index (χ2v) is 9.53. The van der Waals surface area contributed by atoms with Crippen LogP contribution in [0.3, 0.4) is 0 Å². The normalized spacial score (nSPS) is 11.2. The summed E-state index contributed by atoms with van der Waals surface area (Å²) in [6, 6.07) is 20.9. The van der Waals surface area contributed by atoms with Crippen LogP contribution in [-0.2, 0) is 0 Å². The highest BCUT2D eigenvalue weighted by Gasteiger charge is 2.47. The molecule has 0 bridgehead atoms. The highest BCUT2D eigenvalue weighted by molar-refractivity contribution is 7.97. The molecule has 0 aromatic heterocycles. The molecule has 7 heteroatoms. The van der Waals surface area contributed by atoms with Crippen LogP contribution < -0.4 is 14.4 Å². The highest BCUT2D eigenvalue weighted by Crippen LogP contribution is 2.63. The highest BCUT2D eigenvalue weighted by atomic mass is 35.7. The zero-order chi connectivity index (χ0) is 17.9. The van der Waals surface area contributed by atoms with Crippen molar-refractivity contribution in [1.82, 2.24) is 0 Å². The summed E-state index contributed by atoms with van der Waals surface area (Å²) < 4.78 is 12.1. The van der Waals surface area contributed by atoms with Gasteiger partial charge in [-0.3, -0.25) is 9.05 Å². The predicted molar refractivity (Wildman–Crippen MR) is 108 cm³/mol. The maximum Gasteiger partial charge on any atom is 0.492 e. The molecule has 0 N–H and O–H groups in total. The first-order chi connectivity index (χ1) is 11.9. The van der Waals surface area contributed by atoms with Crippen molar-refractivity contribution in [3.8, 4) is 11.5 Å². The maximum absolute atomic E-state index is 6.82. The summed E-state index contributed by atoms with van der Waals surface area (Å²) in [5, 5.41) is 2.51. The van der Waals surface area contributed by atoms with Crippen LogP contribution in [0.25, 0.3) is 0 Å². The second-order valence-electron chi connectivity index (χ2n) is 5.05. The number of hydrogen-bond donors (Lipinski definition) is 0. The fourth-order valence-electron chi connectivity index (χ4n) is 2.01. The molecule has 128 valence electrons. The first kappa shape index (κ1) is 18.6. The third-order valence-corrected chi connectivity index (χ3v) is 6.77. The lowest BCUT2D eigenvalue weighted by atomic mass is 10.3. The Kier molecular flexibility index (Phi) is 5.99. The van der Waals surface area contributed by atoms with Crippen LogP contribution >= 0.6 is 53.1 Å². The smallest absolute Gasteiger partial charge is 0.285 e. The molecule has 0 radical (unpaired) electrons. The molecule has 0 spiro atoms. The van der Waals surface area contributed by atoms with Crippen molar-refractivity contribution in [3.05, 3.63) is 87.9 Å².